The summed E-state index contributed by atoms with van der Waals surface area (Å²) in [6.45, 7) is 0. The molecule has 0 N–H and O–H groups in total. The van der Waals surface area contributed by atoms with Crippen molar-refractivity contribution in [2.45, 2.75) is 6.18 Å². The number of halogens is 7. The predicted octanol–water partition coefficient (Wildman–Crippen LogP) is 3.90. The second-order valence-corrected chi connectivity index (χ2v) is 4.75. The summed E-state index contributed by atoms with van der Waals surface area (Å²) in [5.41, 5.74) is -3.85. The Morgan fingerprint density at radius 2 is 1.36 bits per heavy atom. The van der Waals surface area contributed by atoms with Crippen molar-refractivity contribution < 1.29 is 30.7 Å². The van der Waals surface area contributed by atoms with Crippen LogP contribution >= 0.6 is 0 Å². The van der Waals surface area contributed by atoms with Gasteiger partial charge in [-0.25, -0.2) is 17.6 Å². The summed E-state index contributed by atoms with van der Waals surface area (Å²) in [7, 11) is 0. The Bertz CT molecular complexity index is 905. The van der Waals surface area contributed by atoms with Gasteiger partial charge in [-0.05, 0) is 5.21 Å². The Kier molecular flexibility index (Phi) is 3.93. The van der Waals surface area contributed by atoms with Crippen molar-refractivity contribution in [3.8, 4) is 17.1 Å². The number of nitrogens with zero attached hydrogens (tertiary/aromatic N) is 4. The maximum absolute atomic E-state index is 13.9. The van der Waals surface area contributed by atoms with Crippen LogP contribution in [0.25, 0.3) is 17.1 Å². The second kappa shape index (κ2) is 5.83. The first-order valence-electron chi connectivity index (χ1n) is 6.50. The van der Waals surface area contributed by atoms with E-state index in [1.54, 1.807) is 18.2 Å². The van der Waals surface area contributed by atoms with Crippen LogP contribution in [0.15, 0.2) is 30.3 Å². The monoisotopic (exact) mass is 362 g/mol. The van der Waals surface area contributed by atoms with Crippen molar-refractivity contribution in [2.24, 2.45) is 0 Å². The van der Waals surface area contributed by atoms with E-state index >= 15 is 0 Å². The van der Waals surface area contributed by atoms with Crippen molar-refractivity contribution in [1.29, 1.82) is 0 Å². The number of hydrogen-bond acceptors (Lipinski definition) is 3. The first-order chi connectivity index (χ1) is 11.7. The third-order valence-corrected chi connectivity index (χ3v) is 3.17. The lowest BCUT2D eigenvalue weighted by Gasteiger charge is -2.12. The van der Waals surface area contributed by atoms with E-state index in [1.807, 2.05) is 0 Å². The molecule has 3 aromatic rings. The molecule has 25 heavy (non-hydrogen) atoms. The normalized spacial score (nSPS) is 11.8. The van der Waals surface area contributed by atoms with Gasteiger partial charge in [0.25, 0.3) is 0 Å². The van der Waals surface area contributed by atoms with Crippen molar-refractivity contribution in [3.05, 3.63) is 59.2 Å². The van der Waals surface area contributed by atoms with Crippen LogP contribution in [-0.2, 0) is 6.18 Å². The van der Waals surface area contributed by atoms with E-state index in [0.29, 0.717) is 5.56 Å². The van der Waals surface area contributed by atoms with E-state index in [9.17, 15) is 30.7 Å². The van der Waals surface area contributed by atoms with E-state index in [-0.39, 0.29) is 10.6 Å². The lowest BCUT2D eigenvalue weighted by Crippen LogP contribution is -2.18. The molecule has 0 unspecified atom stereocenters. The van der Waals surface area contributed by atoms with E-state index in [1.165, 1.54) is 12.1 Å². The average molecular weight is 362 g/mol. The maximum atomic E-state index is 13.9. The fourth-order valence-electron chi connectivity index (χ4n) is 2.06. The van der Waals surface area contributed by atoms with Gasteiger partial charge in [0, 0.05) is 5.56 Å². The number of aromatic nitrogens is 4. The topological polar surface area (TPSA) is 43.6 Å². The first-order valence-corrected chi connectivity index (χ1v) is 6.50. The van der Waals surface area contributed by atoms with Crippen LogP contribution < -0.4 is 0 Å². The number of hydrogen-bond donors (Lipinski definition) is 0. The van der Waals surface area contributed by atoms with Crippen LogP contribution in [0.4, 0.5) is 30.7 Å². The molecule has 0 saturated heterocycles. The minimum atomic E-state index is -5.63. The van der Waals surface area contributed by atoms with Crippen molar-refractivity contribution in [2.75, 3.05) is 0 Å². The SMILES string of the molecule is Fc1c(F)c(C(F)(F)F)c(F)c(F)c1-n1nnc(-c2ccccc2)n1. The van der Waals surface area contributed by atoms with Crippen LogP contribution in [0.3, 0.4) is 0 Å². The van der Waals surface area contributed by atoms with Gasteiger partial charge in [-0.3, -0.25) is 0 Å². The molecule has 0 aliphatic heterocycles. The van der Waals surface area contributed by atoms with Crippen molar-refractivity contribution >= 4 is 0 Å². The molecule has 0 amide bonds. The highest BCUT2D eigenvalue weighted by atomic mass is 19.4. The fraction of sp³-hybridized carbons (Fsp3) is 0.0714. The summed E-state index contributed by atoms with van der Waals surface area (Å²) >= 11 is 0. The molecule has 1 aromatic heterocycles. The Balaban J connectivity index is 2.18. The van der Waals surface area contributed by atoms with Crippen molar-refractivity contribution in [3.63, 3.8) is 0 Å². The number of alkyl halides is 3. The molecule has 0 aliphatic carbocycles. The molecule has 1 heterocycles. The summed E-state index contributed by atoms with van der Waals surface area (Å²) < 4.78 is 92.8. The van der Waals surface area contributed by atoms with Crippen LogP contribution in [-0.4, -0.2) is 20.2 Å². The van der Waals surface area contributed by atoms with Gasteiger partial charge in [-0.2, -0.15) is 13.2 Å². The first kappa shape index (κ1) is 16.9. The number of rotatable bonds is 2. The predicted molar refractivity (Wildman–Crippen MR) is 69.4 cm³/mol. The highest BCUT2D eigenvalue weighted by Crippen LogP contribution is 2.37. The zero-order valence-electron chi connectivity index (χ0n) is 11.8. The summed E-state index contributed by atoms with van der Waals surface area (Å²) in [6.07, 6.45) is -5.63. The Morgan fingerprint density at radius 3 is 1.88 bits per heavy atom. The molecular formula is C14H5F7N4. The molecule has 0 aliphatic rings. The molecule has 3 rings (SSSR count). The fourth-order valence-corrected chi connectivity index (χ4v) is 2.06. The quantitative estimate of drug-likeness (QED) is 0.513. The van der Waals surface area contributed by atoms with Crippen LogP contribution in [0.2, 0.25) is 0 Å². The molecule has 2 aromatic carbocycles. The molecular weight excluding hydrogens is 357 g/mol. The zero-order chi connectivity index (χ0) is 18.4. The molecule has 0 atom stereocenters. The summed E-state index contributed by atoms with van der Waals surface area (Å²) in [6, 6.07) is 7.88. The minimum Gasteiger partial charge on any atom is -0.203 e. The van der Waals surface area contributed by atoms with E-state index in [4.69, 9.17) is 0 Å². The van der Waals surface area contributed by atoms with Gasteiger partial charge in [0.2, 0.25) is 5.82 Å². The summed E-state index contributed by atoms with van der Waals surface area (Å²) in [4.78, 5) is 0.0827. The van der Waals surface area contributed by atoms with Crippen LogP contribution in [0.5, 0.6) is 0 Å². The van der Waals surface area contributed by atoms with E-state index < -0.39 is 40.7 Å². The van der Waals surface area contributed by atoms with Gasteiger partial charge in [0.1, 0.15) is 5.56 Å². The van der Waals surface area contributed by atoms with Gasteiger partial charge in [0.15, 0.2) is 29.0 Å². The van der Waals surface area contributed by atoms with Gasteiger partial charge >= 0.3 is 6.18 Å². The van der Waals surface area contributed by atoms with E-state index in [0.717, 1.165) is 0 Å². The van der Waals surface area contributed by atoms with Gasteiger partial charge in [0.05, 0.1) is 0 Å². The highest BCUT2D eigenvalue weighted by Gasteiger charge is 2.43. The molecule has 0 fully saturated rings. The van der Waals surface area contributed by atoms with Gasteiger partial charge in [-0.1, -0.05) is 30.3 Å². The summed E-state index contributed by atoms with van der Waals surface area (Å²) in [5, 5.41) is 10.2. The zero-order valence-corrected chi connectivity index (χ0v) is 11.8. The van der Waals surface area contributed by atoms with Gasteiger partial charge in [-0.15, -0.1) is 15.0 Å². The standard InChI is InChI=1S/C14H5F7N4/c15-8-7(14(19,20)21)9(16)11(18)12(10(8)17)25-23-13(22-24-25)6-4-2-1-3-5-6/h1-5H. The summed E-state index contributed by atoms with van der Waals surface area (Å²) in [5.74, 6) is -9.92. The molecule has 0 bridgehead atoms. The Labute approximate surface area is 134 Å². The van der Waals surface area contributed by atoms with Crippen molar-refractivity contribution in [1.82, 2.24) is 20.2 Å². The Hall–Kier alpha value is -2.98. The molecule has 0 saturated carbocycles. The molecule has 0 radical (unpaired) electrons. The Morgan fingerprint density at radius 1 is 0.800 bits per heavy atom. The largest absolute Gasteiger partial charge is 0.422 e. The van der Waals surface area contributed by atoms with Crippen LogP contribution in [0, 0.1) is 23.3 Å². The molecule has 130 valence electrons. The second-order valence-electron chi connectivity index (χ2n) is 4.75. The van der Waals surface area contributed by atoms with Crippen LogP contribution in [0.1, 0.15) is 5.56 Å². The third-order valence-electron chi connectivity index (χ3n) is 3.17. The maximum Gasteiger partial charge on any atom is 0.422 e. The lowest BCUT2D eigenvalue weighted by atomic mass is 10.1. The van der Waals surface area contributed by atoms with E-state index in [2.05, 4.69) is 15.4 Å². The third kappa shape index (κ3) is 2.81. The highest BCUT2D eigenvalue weighted by molar-refractivity contribution is 5.53. The molecule has 4 nitrogen and oxygen atoms in total. The van der Waals surface area contributed by atoms with Gasteiger partial charge < -0.3 is 0 Å². The molecule has 11 heteroatoms. The lowest BCUT2D eigenvalue weighted by molar-refractivity contribution is -0.143. The number of tetrazole rings is 1. The average Bonchev–Trinajstić information content (AvgIpc) is 3.03. The minimum absolute atomic E-state index is 0.0827. The smallest absolute Gasteiger partial charge is 0.203 e. The number of benzene rings is 2. The molecule has 0 spiro atoms.